The molecule has 94 valence electrons. The van der Waals surface area contributed by atoms with Gasteiger partial charge in [0.25, 0.3) is 0 Å². The summed E-state index contributed by atoms with van der Waals surface area (Å²) in [6, 6.07) is 7.47. The molecular weight excluding hydrogens is 274 g/mol. The first-order chi connectivity index (χ1) is 8.65. The molecule has 0 radical (unpaired) electrons. The van der Waals surface area contributed by atoms with Crippen LogP contribution in [-0.2, 0) is 11.3 Å². The number of hydrogen-bond acceptors (Lipinski definition) is 4. The van der Waals surface area contributed by atoms with E-state index in [9.17, 15) is 4.79 Å². The standard InChI is InChI=1S/C11H10ClN3O2S/c12-9-3-1-2-8(4-9)5-15-7-13-14-11(15)18-6-10(16)17/h1-4,7H,5-6H2,(H,16,17). The van der Waals surface area contributed by atoms with Crippen molar-refractivity contribution in [3.63, 3.8) is 0 Å². The summed E-state index contributed by atoms with van der Waals surface area (Å²) in [6.45, 7) is 0.565. The maximum Gasteiger partial charge on any atom is 0.313 e. The normalized spacial score (nSPS) is 10.5. The van der Waals surface area contributed by atoms with Gasteiger partial charge < -0.3 is 9.67 Å². The molecule has 18 heavy (non-hydrogen) atoms. The van der Waals surface area contributed by atoms with Gasteiger partial charge in [0.2, 0.25) is 0 Å². The summed E-state index contributed by atoms with van der Waals surface area (Å²) in [4.78, 5) is 10.5. The lowest BCUT2D eigenvalue weighted by Gasteiger charge is -2.05. The molecule has 0 amide bonds. The van der Waals surface area contributed by atoms with Gasteiger partial charge in [-0.2, -0.15) is 0 Å². The van der Waals surface area contributed by atoms with Gasteiger partial charge in [-0.3, -0.25) is 4.79 Å². The smallest absolute Gasteiger partial charge is 0.313 e. The summed E-state index contributed by atoms with van der Waals surface area (Å²) in [5, 5.41) is 17.6. The lowest BCUT2D eigenvalue weighted by Crippen LogP contribution is -2.03. The molecule has 0 bridgehead atoms. The van der Waals surface area contributed by atoms with E-state index in [-0.39, 0.29) is 5.75 Å². The first-order valence-corrected chi connectivity index (χ1v) is 6.48. The van der Waals surface area contributed by atoms with E-state index in [0.29, 0.717) is 16.7 Å². The SMILES string of the molecule is O=C(O)CSc1nncn1Cc1cccc(Cl)c1. The van der Waals surface area contributed by atoms with Crippen LogP contribution in [0.25, 0.3) is 0 Å². The molecule has 0 aliphatic rings. The number of nitrogens with zero attached hydrogens (tertiary/aromatic N) is 3. The Labute approximate surface area is 113 Å². The van der Waals surface area contributed by atoms with E-state index >= 15 is 0 Å². The van der Waals surface area contributed by atoms with Crippen molar-refractivity contribution in [2.75, 3.05) is 5.75 Å². The number of hydrogen-bond donors (Lipinski definition) is 1. The number of carbonyl (C=O) groups is 1. The predicted molar refractivity (Wildman–Crippen MR) is 68.9 cm³/mol. The number of carboxylic acids is 1. The van der Waals surface area contributed by atoms with Crippen LogP contribution in [0.15, 0.2) is 35.7 Å². The third-order valence-corrected chi connectivity index (χ3v) is 3.35. The second-order valence-electron chi connectivity index (χ2n) is 3.55. The second-order valence-corrected chi connectivity index (χ2v) is 4.93. The van der Waals surface area contributed by atoms with Gasteiger partial charge >= 0.3 is 5.97 Å². The van der Waals surface area contributed by atoms with Gasteiger partial charge in [-0.1, -0.05) is 35.5 Å². The minimum absolute atomic E-state index is 0.0335. The summed E-state index contributed by atoms with van der Waals surface area (Å²) >= 11 is 7.05. The molecule has 0 fully saturated rings. The summed E-state index contributed by atoms with van der Waals surface area (Å²) in [6.07, 6.45) is 1.57. The van der Waals surface area contributed by atoms with Crippen molar-refractivity contribution in [3.8, 4) is 0 Å². The first-order valence-electron chi connectivity index (χ1n) is 5.12. The van der Waals surface area contributed by atoms with Crippen LogP contribution in [0.2, 0.25) is 5.02 Å². The monoisotopic (exact) mass is 283 g/mol. The van der Waals surface area contributed by atoms with E-state index < -0.39 is 5.97 Å². The van der Waals surface area contributed by atoms with Crippen LogP contribution in [0.5, 0.6) is 0 Å². The van der Waals surface area contributed by atoms with Crippen molar-refractivity contribution in [1.29, 1.82) is 0 Å². The molecule has 1 aromatic heterocycles. The minimum Gasteiger partial charge on any atom is -0.481 e. The van der Waals surface area contributed by atoms with Crippen molar-refractivity contribution in [2.45, 2.75) is 11.7 Å². The van der Waals surface area contributed by atoms with E-state index in [1.54, 1.807) is 17.0 Å². The van der Waals surface area contributed by atoms with Crippen molar-refractivity contribution in [3.05, 3.63) is 41.2 Å². The van der Waals surface area contributed by atoms with Crippen LogP contribution in [0.1, 0.15) is 5.56 Å². The highest BCUT2D eigenvalue weighted by Gasteiger charge is 2.08. The molecule has 0 aliphatic heterocycles. The third-order valence-electron chi connectivity index (χ3n) is 2.15. The van der Waals surface area contributed by atoms with E-state index in [2.05, 4.69) is 10.2 Å². The topological polar surface area (TPSA) is 68.0 Å². The number of aliphatic carboxylic acids is 1. The Hall–Kier alpha value is -1.53. The van der Waals surface area contributed by atoms with Gasteiger partial charge in [-0.25, -0.2) is 0 Å². The number of aromatic nitrogens is 3. The highest BCUT2D eigenvalue weighted by Crippen LogP contribution is 2.17. The minimum atomic E-state index is -0.877. The molecule has 0 unspecified atom stereocenters. The Morgan fingerprint density at radius 2 is 2.33 bits per heavy atom. The molecule has 0 saturated carbocycles. The van der Waals surface area contributed by atoms with Crippen LogP contribution < -0.4 is 0 Å². The van der Waals surface area contributed by atoms with E-state index in [1.165, 1.54) is 0 Å². The molecule has 2 aromatic rings. The average Bonchev–Trinajstić information content (AvgIpc) is 2.74. The van der Waals surface area contributed by atoms with Gasteiger partial charge in [0.15, 0.2) is 5.16 Å². The second kappa shape index (κ2) is 5.88. The molecule has 1 aromatic carbocycles. The number of thioether (sulfide) groups is 1. The quantitative estimate of drug-likeness (QED) is 0.852. The van der Waals surface area contributed by atoms with Crippen LogP contribution >= 0.6 is 23.4 Å². The van der Waals surface area contributed by atoms with Crippen LogP contribution in [0, 0.1) is 0 Å². The summed E-state index contributed by atoms with van der Waals surface area (Å²) in [5.74, 6) is -0.911. The van der Waals surface area contributed by atoms with Crippen molar-refractivity contribution in [1.82, 2.24) is 14.8 Å². The Morgan fingerprint density at radius 1 is 1.50 bits per heavy atom. The Balaban J connectivity index is 2.10. The van der Waals surface area contributed by atoms with Gasteiger partial charge in [0.1, 0.15) is 6.33 Å². The largest absolute Gasteiger partial charge is 0.481 e. The molecule has 5 nitrogen and oxygen atoms in total. The van der Waals surface area contributed by atoms with Gasteiger partial charge in [0, 0.05) is 5.02 Å². The molecule has 0 spiro atoms. The van der Waals surface area contributed by atoms with Crippen LogP contribution in [0.4, 0.5) is 0 Å². The van der Waals surface area contributed by atoms with Gasteiger partial charge in [-0.05, 0) is 17.7 Å². The van der Waals surface area contributed by atoms with Crippen molar-refractivity contribution < 1.29 is 9.90 Å². The van der Waals surface area contributed by atoms with Crippen molar-refractivity contribution >= 4 is 29.3 Å². The lowest BCUT2D eigenvalue weighted by molar-refractivity contribution is -0.133. The maximum absolute atomic E-state index is 10.5. The number of halogens is 1. The zero-order chi connectivity index (χ0) is 13.0. The Kier molecular flexibility index (Phi) is 4.22. The van der Waals surface area contributed by atoms with Crippen LogP contribution in [-0.4, -0.2) is 31.6 Å². The molecule has 0 atom stereocenters. The summed E-state index contributed by atoms with van der Waals surface area (Å²) < 4.78 is 1.79. The van der Waals surface area contributed by atoms with Crippen molar-refractivity contribution in [2.24, 2.45) is 0 Å². The fraction of sp³-hybridized carbons (Fsp3) is 0.182. The number of benzene rings is 1. The average molecular weight is 284 g/mol. The molecule has 0 saturated heterocycles. The van der Waals surface area contributed by atoms with E-state index in [1.807, 2.05) is 18.2 Å². The molecule has 0 aliphatic carbocycles. The zero-order valence-electron chi connectivity index (χ0n) is 9.28. The Morgan fingerprint density at radius 3 is 3.06 bits per heavy atom. The summed E-state index contributed by atoms with van der Waals surface area (Å²) in [5.41, 5.74) is 1.01. The van der Waals surface area contributed by atoms with Gasteiger partial charge in [-0.15, -0.1) is 10.2 Å². The predicted octanol–water partition coefficient (Wildman–Crippen LogP) is 2.16. The molecule has 1 N–H and O–H groups in total. The van der Waals surface area contributed by atoms with E-state index in [0.717, 1.165) is 17.3 Å². The molecule has 1 heterocycles. The van der Waals surface area contributed by atoms with Crippen LogP contribution in [0.3, 0.4) is 0 Å². The zero-order valence-corrected chi connectivity index (χ0v) is 10.9. The molecule has 7 heteroatoms. The maximum atomic E-state index is 10.5. The highest BCUT2D eigenvalue weighted by molar-refractivity contribution is 7.99. The summed E-state index contributed by atoms with van der Waals surface area (Å²) in [7, 11) is 0. The lowest BCUT2D eigenvalue weighted by atomic mass is 10.2. The van der Waals surface area contributed by atoms with E-state index in [4.69, 9.17) is 16.7 Å². The third kappa shape index (κ3) is 3.48. The Bertz CT molecular complexity index is 559. The first kappa shape index (κ1) is 12.9. The fourth-order valence-electron chi connectivity index (χ4n) is 1.42. The fourth-order valence-corrected chi connectivity index (χ4v) is 2.27. The molecular formula is C11H10ClN3O2S. The van der Waals surface area contributed by atoms with Gasteiger partial charge in [0.05, 0.1) is 12.3 Å². The molecule has 2 rings (SSSR count). The number of rotatable bonds is 5. The highest BCUT2D eigenvalue weighted by atomic mass is 35.5. The number of carboxylic acid groups (broad SMARTS) is 1.